The average molecular weight is 615 g/mol. The van der Waals surface area contributed by atoms with Crippen molar-refractivity contribution in [1.29, 1.82) is 0 Å². The maximum absolute atomic E-state index is 14.1. The van der Waals surface area contributed by atoms with Gasteiger partial charge in [-0.25, -0.2) is 8.42 Å². The molecule has 0 bridgehead atoms. The fourth-order valence-corrected chi connectivity index (χ4v) is 5.30. The number of aryl methyl sites for hydroxylation is 1. The zero-order valence-electron chi connectivity index (χ0n) is 22.8. The van der Waals surface area contributed by atoms with Crippen molar-refractivity contribution in [1.82, 2.24) is 10.2 Å². The fourth-order valence-electron chi connectivity index (χ4n) is 4.19. The summed E-state index contributed by atoms with van der Waals surface area (Å²) in [6, 6.07) is 23.0. The van der Waals surface area contributed by atoms with Crippen LogP contribution in [0, 0.1) is 6.92 Å². The van der Waals surface area contributed by atoms with E-state index in [4.69, 9.17) is 0 Å². The van der Waals surface area contributed by atoms with Gasteiger partial charge in [0.05, 0.1) is 11.9 Å². The molecule has 0 aliphatic rings. The van der Waals surface area contributed by atoms with E-state index in [0.29, 0.717) is 5.69 Å². The number of sulfonamides is 1. The van der Waals surface area contributed by atoms with E-state index in [0.717, 1.165) is 38.1 Å². The molecule has 0 unspecified atom stereocenters. The van der Waals surface area contributed by atoms with Crippen LogP contribution in [0.3, 0.4) is 0 Å². The summed E-state index contributed by atoms with van der Waals surface area (Å²) >= 11 is 3.37. The van der Waals surface area contributed by atoms with Gasteiger partial charge in [0.1, 0.15) is 12.6 Å². The van der Waals surface area contributed by atoms with Crippen molar-refractivity contribution in [3.8, 4) is 0 Å². The number of hydrogen-bond acceptors (Lipinski definition) is 4. The first-order valence-corrected chi connectivity index (χ1v) is 15.5. The second kappa shape index (κ2) is 13.8. The van der Waals surface area contributed by atoms with Gasteiger partial charge in [-0.05, 0) is 61.2 Å². The SMILES string of the molecule is CC[C@@H](C)NC(=O)[C@@H](Cc1ccccc1)N(Cc1ccccc1C)C(=O)CN(c1ccc(Br)cc1)S(C)(=O)=O. The number of rotatable bonds is 12. The normalized spacial score (nSPS) is 12.8. The molecule has 2 atom stereocenters. The molecule has 0 fully saturated rings. The summed E-state index contributed by atoms with van der Waals surface area (Å²) in [7, 11) is -3.80. The number of nitrogens with zero attached hydrogens (tertiary/aromatic N) is 2. The first-order valence-electron chi connectivity index (χ1n) is 12.9. The van der Waals surface area contributed by atoms with Crippen LogP contribution in [0.2, 0.25) is 0 Å². The van der Waals surface area contributed by atoms with E-state index in [2.05, 4.69) is 21.2 Å². The third-order valence-electron chi connectivity index (χ3n) is 6.67. The quantitative estimate of drug-likeness (QED) is 0.309. The van der Waals surface area contributed by atoms with Crippen molar-refractivity contribution in [2.45, 2.75) is 52.2 Å². The van der Waals surface area contributed by atoms with Gasteiger partial charge in [0.2, 0.25) is 21.8 Å². The van der Waals surface area contributed by atoms with Crippen molar-refractivity contribution in [3.63, 3.8) is 0 Å². The maximum Gasteiger partial charge on any atom is 0.244 e. The van der Waals surface area contributed by atoms with Gasteiger partial charge in [0.15, 0.2) is 0 Å². The summed E-state index contributed by atoms with van der Waals surface area (Å²) < 4.78 is 27.5. The van der Waals surface area contributed by atoms with Gasteiger partial charge in [-0.2, -0.15) is 0 Å². The summed E-state index contributed by atoms with van der Waals surface area (Å²) in [5.41, 5.74) is 3.13. The van der Waals surface area contributed by atoms with Crippen molar-refractivity contribution in [3.05, 3.63) is 100 Å². The van der Waals surface area contributed by atoms with E-state index in [1.165, 1.54) is 4.90 Å². The largest absolute Gasteiger partial charge is 0.352 e. The highest BCUT2D eigenvalue weighted by atomic mass is 79.9. The molecule has 3 aromatic carbocycles. The molecule has 0 radical (unpaired) electrons. The maximum atomic E-state index is 14.1. The van der Waals surface area contributed by atoms with E-state index in [1.807, 2.05) is 75.4 Å². The molecule has 39 heavy (non-hydrogen) atoms. The topological polar surface area (TPSA) is 86.8 Å². The minimum Gasteiger partial charge on any atom is -0.352 e. The highest BCUT2D eigenvalue weighted by molar-refractivity contribution is 9.10. The van der Waals surface area contributed by atoms with Crippen LogP contribution in [-0.4, -0.2) is 50.0 Å². The minimum atomic E-state index is -3.80. The third-order valence-corrected chi connectivity index (χ3v) is 8.34. The lowest BCUT2D eigenvalue weighted by atomic mass is 10.0. The molecule has 208 valence electrons. The molecule has 3 aromatic rings. The van der Waals surface area contributed by atoms with Gasteiger partial charge >= 0.3 is 0 Å². The minimum absolute atomic E-state index is 0.0820. The monoisotopic (exact) mass is 613 g/mol. The molecule has 7 nitrogen and oxygen atoms in total. The van der Waals surface area contributed by atoms with Gasteiger partial charge in [-0.3, -0.25) is 13.9 Å². The first kappa shape index (κ1) is 30.4. The summed E-state index contributed by atoms with van der Waals surface area (Å²) in [5, 5.41) is 3.04. The summed E-state index contributed by atoms with van der Waals surface area (Å²) in [6.07, 6.45) is 2.10. The van der Waals surface area contributed by atoms with Crippen molar-refractivity contribution >= 4 is 43.5 Å². The predicted molar refractivity (Wildman–Crippen MR) is 160 cm³/mol. The summed E-state index contributed by atoms with van der Waals surface area (Å²) in [6.45, 7) is 5.58. The Bertz CT molecular complexity index is 1360. The lowest BCUT2D eigenvalue weighted by Crippen LogP contribution is -2.54. The van der Waals surface area contributed by atoms with Crippen LogP contribution in [0.1, 0.15) is 37.0 Å². The zero-order chi connectivity index (χ0) is 28.6. The summed E-state index contributed by atoms with van der Waals surface area (Å²) in [5.74, 6) is -0.739. The average Bonchev–Trinajstić information content (AvgIpc) is 2.90. The van der Waals surface area contributed by atoms with Gasteiger partial charge in [0.25, 0.3) is 0 Å². The van der Waals surface area contributed by atoms with Gasteiger partial charge in [-0.1, -0.05) is 77.5 Å². The number of amides is 2. The Hall–Kier alpha value is -3.17. The van der Waals surface area contributed by atoms with Gasteiger partial charge in [-0.15, -0.1) is 0 Å². The molecule has 0 aliphatic heterocycles. The Labute approximate surface area is 240 Å². The zero-order valence-corrected chi connectivity index (χ0v) is 25.2. The van der Waals surface area contributed by atoms with Crippen LogP contribution < -0.4 is 9.62 Å². The van der Waals surface area contributed by atoms with Crippen LogP contribution in [0.4, 0.5) is 5.69 Å². The fraction of sp³-hybridized carbons (Fsp3) is 0.333. The van der Waals surface area contributed by atoms with Crippen LogP contribution in [0.25, 0.3) is 0 Å². The Balaban J connectivity index is 2.06. The standard InChI is InChI=1S/C30H36BrN3O4S/c1-5-23(3)32-30(36)28(19-24-12-7-6-8-13-24)33(20-25-14-10-9-11-22(25)2)29(35)21-34(39(4,37)38)27-17-15-26(31)16-18-27/h6-18,23,28H,5,19-21H2,1-4H3,(H,32,36)/t23-,28-/m1/s1. The molecular weight excluding hydrogens is 578 g/mol. The van der Waals surface area contributed by atoms with Gasteiger partial charge in [0, 0.05) is 23.5 Å². The molecule has 2 amide bonds. The number of halogens is 1. The first-order chi connectivity index (χ1) is 18.5. The number of carbonyl (C=O) groups is 2. The number of anilines is 1. The molecule has 0 aliphatic carbocycles. The second-order valence-corrected chi connectivity index (χ2v) is 12.5. The second-order valence-electron chi connectivity index (χ2n) is 9.72. The molecule has 9 heteroatoms. The number of carbonyl (C=O) groups excluding carboxylic acids is 2. The number of hydrogen-bond donors (Lipinski definition) is 1. The van der Waals surface area contributed by atoms with E-state index in [1.54, 1.807) is 24.3 Å². The Morgan fingerprint density at radius 1 is 0.949 bits per heavy atom. The van der Waals surface area contributed by atoms with Crippen LogP contribution >= 0.6 is 15.9 Å². The smallest absolute Gasteiger partial charge is 0.244 e. The van der Waals surface area contributed by atoms with E-state index in [9.17, 15) is 18.0 Å². The summed E-state index contributed by atoms with van der Waals surface area (Å²) in [4.78, 5) is 29.3. The molecule has 0 spiro atoms. The molecule has 0 saturated carbocycles. The Morgan fingerprint density at radius 3 is 2.15 bits per heavy atom. The molecule has 1 N–H and O–H groups in total. The van der Waals surface area contributed by atoms with E-state index in [-0.39, 0.29) is 24.9 Å². The van der Waals surface area contributed by atoms with Crippen LogP contribution in [-0.2, 0) is 32.6 Å². The molecular formula is C30H36BrN3O4S. The third kappa shape index (κ3) is 8.66. The highest BCUT2D eigenvalue weighted by Crippen LogP contribution is 2.23. The lowest BCUT2D eigenvalue weighted by molar-refractivity contribution is -0.140. The molecule has 3 rings (SSSR count). The van der Waals surface area contributed by atoms with E-state index < -0.39 is 28.5 Å². The van der Waals surface area contributed by atoms with Crippen molar-refractivity contribution in [2.24, 2.45) is 0 Å². The number of benzene rings is 3. The molecule has 0 heterocycles. The lowest BCUT2D eigenvalue weighted by Gasteiger charge is -2.34. The van der Waals surface area contributed by atoms with Crippen molar-refractivity contribution < 1.29 is 18.0 Å². The number of nitrogens with one attached hydrogen (secondary N) is 1. The van der Waals surface area contributed by atoms with Crippen LogP contribution in [0.5, 0.6) is 0 Å². The predicted octanol–water partition coefficient (Wildman–Crippen LogP) is 5.08. The highest BCUT2D eigenvalue weighted by Gasteiger charge is 2.33. The Morgan fingerprint density at radius 2 is 1.56 bits per heavy atom. The van der Waals surface area contributed by atoms with Crippen LogP contribution in [0.15, 0.2) is 83.3 Å². The Kier molecular flexibility index (Phi) is 10.7. The van der Waals surface area contributed by atoms with Crippen molar-refractivity contribution in [2.75, 3.05) is 17.1 Å². The molecule has 0 aromatic heterocycles. The molecule has 0 saturated heterocycles. The van der Waals surface area contributed by atoms with Gasteiger partial charge < -0.3 is 10.2 Å². The van der Waals surface area contributed by atoms with E-state index >= 15 is 0 Å².